The molecule has 0 aromatic carbocycles. The van der Waals surface area contributed by atoms with Gasteiger partial charge < -0.3 is 14.7 Å². The third kappa shape index (κ3) is 3.62. The minimum atomic E-state index is -3.35. The molecule has 2 aromatic rings. The van der Waals surface area contributed by atoms with E-state index in [-0.39, 0.29) is 27.9 Å². The van der Waals surface area contributed by atoms with Crippen LogP contribution in [0, 0.1) is 0 Å². The molecule has 1 saturated heterocycles. The number of aromatic carboxylic acids is 1. The van der Waals surface area contributed by atoms with E-state index in [1.165, 1.54) is 4.40 Å². The molecule has 0 bridgehead atoms. The van der Waals surface area contributed by atoms with Crippen molar-refractivity contribution in [2.45, 2.75) is 18.7 Å². The molecule has 0 aliphatic carbocycles. The number of morpholine rings is 1. The van der Waals surface area contributed by atoms with Crippen LogP contribution in [0.25, 0.3) is 5.65 Å². The fourth-order valence-corrected chi connectivity index (χ4v) is 4.15. The van der Waals surface area contributed by atoms with Gasteiger partial charge in [-0.3, -0.25) is 4.40 Å². The molecule has 3 heterocycles. The average Bonchev–Trinajstić information content (AvgIpc) is 2.83. The maximum absolute atomic E-state index is 11.8. The summed E-state index contributed by atoms with van der Waals surface area (Å²) in [6.07, 6.45) is 1.12. The Balaban J connectivity index is 2.25. The van der Waals surface area contributed by atoms with Crippen molar-refractivity contribution in [1.29, 1.82) is 0 Å². The van der Waals surface area contributed by atoms with Gasteiger partial charge in [-0.05, 0) is 22.9 Å². The number of sulfone groups is 1. The monoisotopic (exact) mass is 432 g/mol. The number of carboxylic acids is 1. The molecule has 2 aromatic heterocycles. The fraction of sp³-hybridized carbons (Fsp3) is 0.500. The number of hydrogen-bond acceptors (Lipinski definition) is 7. The molecular weight excluding hydrogens is 416 g/mol. The molecule has 1 N–H and O–H groups in total. The number of rotatable bonds is 4. The van der Waals surface area contributed by atoms with Gasteiger partial charge in [0.1, 0.15) is 5.82 Å². The molecule has 1 aliphatic rings. The number of carboxylic acid groups (broad SMARTS) is 1. The lowest BCUT2D eigenvalue weighted by atomic mass is 10.2. The van der Waals surface area contributed by atoms with Gasteiger partial charge in [-0.2, -0.15) is 0 Å². The third-order valence-electron chi connectivity index (χ3n) is 3.89. The molecule has 0 saturated carbocycles. The number of ether oxygens (including phenoxy) is 1. The van der Waals surface area contributed by atoms with Crippen LogP contribution in [0.3, 0.4) is 0 Å². The van der Waals surface area contributed by atoms with Gasteiger partial charge in [0.15, 0.2) is 25.9 Å². The van der Waals surface area contributed by atoms with E-state index < -0.39 is 15.8 Å². The van der Waals surface area contributed by atoms with E-state index in [0.717, 1.165) is 6.26 Å². The Hall–Kier alpha value is -1.72. The molecule has 0 radical (unpaired) electrons. The second-order valence-corrected chi connectivity index (χ2v) is 8.84. The van der Waals surface area contributed by atoms with E-state index in [9.17, 15) is 18.3 Å². The molecule has 3 rings (SSSR count). The Bertz CT molecular complexity index is 942. The van der Waals surface area contributed by atoms with Crippen LogP contribution in [0.15, 0.2) is 10.8 Å². The molecule has 25 heavy (non-hydrogen) atoms. The summed E-state index contributed by atoms with van der Waals surface area (Å²) in [5, 5.41) is 9.38. The van der Waals surface area contributed by atoms with Crippen molar-refractivity contribution < 1.29 is 23.1 Å². The largest absolute Gasteiger partial charge is 0.476 e. The Morgan fingerprint density at radius 3 is 2.80 bits per heavy atom. The maximum Gasteiger partial charge on any atom is 0.358 e. The van der Waals surface area contributed by atoms with Crippen molar-refractivity contribution in [2.24, 2.45) is 0 Å². The molecule has 0 spiro atoms. The van der Waals surface area contributed by atoms with Gasteiger partial charge >= 0.3 is 5.97 Å². The average molecular weight is 433 g/mol. The molecule has 1 fully saturated rings. The summed E-state index contributed by atoms with van der Waals surface area (Å²) < 4.78 is 30.7. The number of carbonyl (C=O) groups is 1. The zero-order valence-electron chi connectivity index (χ0n) is 13.6. The molecule has 1 atom stereocenters. The Morgan fingerprint density at radius 2 is 2.20 bits per heavy atom. The Kier molecular flexibility index (Phi) is 4.73. The van der Waals surface area contributed by atoms with E-state index >= 15 is 0 Å². The standard InChI is InChI=1S/C14H17BrN4O5S/c1-8-6-24-4-3-18(8)10-5-9(7-25(2,22)23)19-12(16-10)11(13(20)21)17-14(19)15/h5,8H,3-4,6-7H2,1-2H3,(H,20,21)/t8-/m1/s1. The second-order valence-electron chi connectivity index (χ2n) is 5.99. The topological polar surface area (TPSA) is 114 Å². The summed E-state index contributed by atoms with van der Waals surface area (Å²) in [6.45, 7) is 3.59. The van der Waals surface area contributed by atoms with Gasteiger partial charge in [0.25, 0.3) is 0 Å². The fourth-order valence-electron chi connectivity index (χ4n) is 2.83. The molecule has 136 valence electrons. The highest BCUT2D eigenvalue weighted by Gasteiger charge is 2.26. The van der Waals surface area contributed by atoms with Crippen molar-refractivity contribution >= 4 is 43.2 Å². The Morgan fingerprint density at radius 1 is 1.48 bits per heavy atom. The predicted molar refractivity (Wildman–Crippen MR) is 93.8 cm³/mol. The van der Waals surface area contributed by atoms with Gasteiger partial charge in [-0.1, -0.05) is 0 Å². The van der Waals surface area contributed by atoms with E-state index in [2.05, 4.69) is 25.9 Å². The van der Waals surface area contributed by atoms with E-state index in [1.54, 1.807) is 6.07 Å². The van der Waals surface area contributed by atoms with Crippen LogP contribution in [0.5, 0.6) is 0 Å². The number of halogens is 1. The zero-order chi connectivity index (χ0) is 18.4. The maximum atomic E-state index is 11.8. The van der Waals surface area contributed by atoms with Gasteiger partial charge in [0, 0.05) is 24.6 Å². The summed E-state index contributed by atoms with van der Waals surface area (Å²) in [4.78, 5) is 21.9. The first-order valence-electron chi connectivity index (χ1n) is 7.50. The van der Waals surface area contributed by atoms with Crippen LogP contribution >= 0.6 is 15.9 Å². The normalized spacial score (nSPS) is 18.7. The number of fused-ring (bicyclic) bond motifs is 1. The van der Waals surface area contributed by atoms with E-state index in [1.807, 2.05) is 11.8 Å². The van der Waals surface area contributed by atoms with Crippen LogP contribution in [-0.4, -0.2) is 65.9 Å². The summed E-state index contributed by atoms with van der Waals surface area (Å²) >= 11 is 3.20. The minimum absolute atomic E-state index is 0.0365. The van der Waals surface area contributed by atoms with Gasteiger partial charge in [0.2, 0.25) is 0 Å². The molecule has 9 nitrogen and oxygen atoms in total. The van der Waals surface area contributed by atoms with Gasteiger partial charge in [0.05, 0.1) is 25.0 Å². The van der Waals surface area contributed by atoms with Crippen LogP contribution in [0.4, 0.5) is 5.82 Å². The van der Waals surface area contributed by atoms with Crippen molar-refractivity contribution in [3.05, 3.63) is 22.2 Å². The van der Waals surface area contributed by atoms with E-state index in [0.29, 0.717) is 31.3 Å². The lowest BCUT2D eigenvalue weighted by Crippen LogP contribution is -2.44. The SMILES string of the molecule is C[C@@H]1COCCN1c1cc(CS(C)(=O)=O)n2c(Br)nc(C(=O)O)c2n1. The van der Waals surface area contributed by atoms with Gasteiger partial charge in [-0.15, -0.1) is 0 Å². The molecule has 11 heteroatoms. The van der Waals surface area contributed by atoms with Crippen LogP contribution in [0.1, 0.15) is 23.1 Å². The number of hydrogen-bond donors (Lipinski definition) is 1. The predicted octanol–water partition coefficient (Wildman–Crippen LogP) is 0.960. The highest BCUT2D eigenvalue weighted by atomic mass is 79.9. The molecule has 0 amide bonds. The lowest BCUT2D eigenvalue weighted by molar-refractivity contribution is 0.0693. The number of aromatic nitrogens is 3. The highest BCUT2D eigenvalue weighted by molar-refractivity contribution is 9.10. The van der Waals surface area contributed by atoms with Crippen molar-refractivity contribution in [3.8, 4) is 0 Å². The lowest BCUT2D eigenvalue weighted by Gasteiger charge is -2.34. The minimum Gasteiger partial charge on any atom is -0.476 e. The quantitative estimate of drug-likeness (QED) is 0.759. The second kappa shape index (κ2) is 6.54. The zero-order valence-corrected chi connectivity index (χ0v) is 16.0. The highest BCUT2D eigenvalue weighted by Crippen LogP contribution is 2.26. The Labute approximate surface area is 152 Å². The number of nitrogens with zero attached hydrogens (tertiary/aromatic N) is 4. The number of imidazole rings is 1. The summed E-state index contributed by atoms with van der Waals surface area (Å²) in [6, 6.07) is 1.70. The van der Waals surface area contributed by atoms with Crippen molar-refractivity contribution in [1.82, 2.24) is 14.4 Å². The first kappa shape index (κ1) is 18.1. The van der Waals surface area contributed by atoms with Crippen LogP contribution in [0.2, 0.25) is 0 Å². The molecule has 1 aliphatic heterocycles. The first-order chi connectivity index (χ1) is 11.7. The number of anilines is 1. The first-order valence-corrected chi connectivity index (χ1v) is 10.4. The molecular formula is C14H17BrN4O5S. The van der Waals surface area contributed by atoms with Crippen molar-refractivity contribution in [2.75, 3.05) is 30.9 Å². The summed E-state index contributed by atoms with van der Waals surface area (Å²) in [5.41, 5.74) is 0.270. The smallest absolute Gasteiger partial charge is 0.358 e. The van der Waals surface area contributed by atoms with Crippen molar-refractivity contribution in [3.63, 3.8) is 0 Å². The third-order valence-corrected chi connectivity index (χ3v) is 5.24. The van der Waals surface area contributed by atoms with Gasteiger partial charge in [-0.25, -0.2) is 23.2 Å². The van der Waals surface area contributed by atoms with Crippen LogP contribution in [-0.2, 0) is 20.3 Å². The summed E-state index contributed by atoms with van der Waals surface area (Å²) in [5.74, 6) is -0.976. The summed E-state index contributed by atoms with van der Waals surface area (Å²) in [7, 11) is -3.35. The van der Waals surface area contributed by atoms with Crippen LogP contribution < -0.4 is 4.90 Å². The molecule has 0 unspecified atom stereocenters. The van der Waals surface area contributed by atoms with E-state index in [4.69, 9.17) is 4.74 Å².